The van der Waals surface area contributed by atoms with Crippen LogP contribution in [0, 0.1) is 0 Å². The normalized spacial score (nSPS) is 11.8. The molecule has 20 heavy (non-hydrogen) atoms. The number of aliphatic hydroxyl groups is 1. The van der Waals surface area contributed by atoms with Gasteiger partial charge in [0.2, 0.25) is 0 Å². The van der Waals surface area contributed by atoms with E-state index >= 15 is 0 Å². The fourth-order valence-corrected chi connectivity index (χ4v) is 2.16. The van der Waals surface area contributed by atoms with Crippen molar-refractivity contribution >= 4 is 17.5 Å². The Morgan fingerprint density at radius 2 is 2.00 bits per heavy atom. The number of aromatic nitrogens is 1. The van der Waals surface area contributed by atoms with Crippen molar-refractivity contribution in [2.75, 3.05) is 6.61 Å². The summed E-state index contributed by atoms with van der Waals surface area (Å²) in [5, 5.41) is 12.7. The minimum atomic E-state index is -0.579. The van der Waals surface area contributed by atoms with Crippen molar-refractivity contribution in [2.45, 2.75) is 52.0 Å². The van der Waals surface area contributed by atoms with E-state index < -0.39 is 5.54 Å². The molecule has 0 spiro atoms. The fourth-order valence-electron chi connectivity index (χ4n) is 1.95. The Balaban J connectivity index is 3.03. The van der Waals surface area contributed by atoms with E-state index in [1.807, 2.05) is 27.7 Å². The molecule has 5 heteroatoms. The number of pyridine rings is 1. The molecular weight excluding hydrogens is 276 g/mol. The lowest BCUT2D eigenvalue weighted by Crippen LogP contribution is -2.50. The zero-order chi connectivity index (χ0) is 15.3. The number of rotatable bonds is 6. The van der Waals surface area contributed by atoms with Gasteiger partial charge in [-0.2, -0.15) is 0 Å². The summed E-state index contributed by atoms with van der Waals surface area (Å²) in [4.78, 5) is 16.6. The average molecular weight is 299 g/mol. The van der Waals surface area contributed by atoms with Crippen molar-refractivity contribution in [1.82, 2.24) is 10.3 Å². The number of halogens is 1. The van der Waals surface area contributed by atoms with Gasteiger partial charge in [0.1, 0.15) is 5.15 Å². The number of amides is 1. The maximum atomic E-state index is 12.4. The second kappa shape index (κ2) is 7.04. The van der Waals surface area contributed by atoms with Crippen molar-refractivity contribution < 1.29 is 9.90 Å². The van der Waals surface area contributed by atoms with Gasteiger partial charge >= 0.3 is 0 Å². The van der Waals surface area contributed by atoms with Crippen molar-refractivity contribution in [1.29, 1.82) is 0 Å². The van der Waals surface area contributed by atoms with Crippen LogP contribution in [0.4, 0.5) is 0 Å². The molecule has 0 radical (unpaired) electrons. The van der Waals surface area contributed by atoms with Gasteiger partial charge in [-0.15, -0.1) is 0 Å². The number of carbonyl (C=O) groups excluding carboxylic acids is 1. The van der Waals surface area contributed by atoms with Crippen LogP contribution in [-0.2, 0) is 0 Å². The lowest BCUT2D eigenvalue weighted by atomic mass is 9.93. The summed E-state index contributed by atoms with van der Waals surface area (Å²) in [7, 11) is 0. The second-order valence-electron chi connectivity index (χ2n) is 5.36. The topological polar surface area (TPSA) is 62.2 Å². The number of aliphatic hydroxyl groups excluding tert-OH is 1. The summed E-state index contributed by atoms with van der Waals surface area (Å²) < 4.78 is 0. The Labute approximate surface area is 125 Å². The van der Waals surface area contributed by atoms with Gasteiger partial charge < -0.3 is 10.4 Å². The molecular formula is C15H23ClN2O2. The number of hydrogen-bond donors (Lipinski definition) is 2. The van der Waals surface area contributed by atoms with Crippen LogP contribution in [0.5, 0.6) is 0 Å². The highest BCUT2D eigenvalue weighted by molar-refractivity contribution is 6.29. The first-order chi connectivity index (χ1) is 9.37. The average Bonchev–Trinajstić information content (AvgIpc) is 2.44. The number of hydrogen-bond acceptors (Lipinski definition) is 3. The Morgan fingerprint density at radius 3 is 2.45 bits per heavy atom. The van der Waals surface area contributed by atoms with Crippen LogP contribution in [0.2, 0.25) is 5.15 Å². The van der Waals surface area contributed by atoms with Crippen LogP contribution in [-0.4, -0.2) is 28.1 Å². The molecule has 0 aromatic carbocycles. The smallest absolute Gasteiger partial charge is 0.251 e. The summed E-state index contributed by atoms with van der Waals surface area (Å²) in [5.74, 6) is -0.0332. The molecule has 1 aromatic rings. The van der Waals surface area contributed by atoms with Crippen LogP contribution in [0.1, 0.15) is 62.5 Å². The van der Waals surface area contributed by atoms with Gasteiger partial charge in [0.25, 0.3) is 5.91 Å². The van der Waals surface area contributed by atoms with Crippen molar-refractivity contribution in [3.63, 3.8) is 0 Å². The summed E-state index contributed by atoms with van der Waals surface area (Å²) >= 11 is 5.97. The molecule has 2 N–H and O–H groups in total. The fraction of sp³-hybridized carbons (Fsp3) is 0.600. The predicted octanol–water partition coefficient (Wildman–Crippen LogP) is 3.14. The molecule has 1 amide bonds. The van der Waals surface area contributed by atoms with E-state index in [0.29, 0.717) is 23.6 Å². The lowest BCUT2D eigenvalue weighted by Gasteiger charge is -2.30. The zero-order valence-corrected chi connectivity index (χ0v) is 13.3. The van der Waals surface area contributed by atoms with Crippen LogP contribution < -0.4 is 5.32 Å². The van der Waals surface area contributed by atoms with Crippen LogP contribution in [0.25, 0.3) is 0 Å². The highest BCUT2D eigenvalue weighted by Gasteiger charge is 2.27. The first-order valence-electron chi connectivity index (χ1n) is 6.98. The third kappa shape index (κ3) is 3.93. The Morgan fingerprint density at radius 1 is 1.40 bits per heavy atom. The minimum Gasteiger partial charge on any atom is -0.394 e. The van der Waals surface area contributed by atoms with E-state index in [4.69, 9.17) is 11.6 Å². The second-order valence-corrected chi connectivity index (χ2v) is 5.75. The monoisotopic (exact) mass is 298 g/mol. The first kappa shape index (κ1) is 16.9. The van der Waals surface area contributed by atoms with E-state index in [-0.39, 0.29) is 18.4 Å². The molecule has 0 saturated carbocycles. The van der Waals surface area contributed by atoms with E-state index in [1.165, 1.54) is 0 Å². The molecule has 1 rings (SSSR count). The molecule has 0 aliphatic heterocycles. The van der Waals surface area contributed by atoms with Gasteiger partial charge in [-0.25, -0.2) is 4.98 Å². The van der Waals surface area contributed by atoms with E-state index in [9.17, 15) is 9.90 Å². The van der Waals surface area contributed by atoms with E-state index in [0.717, 1.165) is 5.69 Å². The van der Waals surface area contributed by atoms with E-state index in [1.54, 1.807) is 12.1 Å². The quantitative estimate of drug-likeness (QED) is 0.793. The molecule has 0 saturated heterocycles. The largest absolute Gasteiger partial charge is 0.394 e. The van der Waals surface area contributed by atoms with Crippen molar-refractivity contribution in [3.8, 4) is 0 Å². The molecule has 0 atom stereocenters. The SMILES string of the molecule is CCC(CC)(CO)NC(=O)c1cc(Cl)nc(C(C)C)c1. The Bertz CT molecular complexity index is 463. The maximum Gasteiger partial charge on any atom is 0.251 e. The standard InChI is InChI=1S/C15H23ClN2O2/c1-5-15(6-2,9-19)18-14(20)11-7-12(10(3)4)17-13(16)8-11/h7-8,10,19H,5-6,9H2,1-4H3,(H,18,20). The van der Waals surface area contributed by atoms with Crippen LogP contribution in [0.3, 0.4) is 0 Å². The van der Waals surface area contributed by atoms with Gasteiger partial charge in [0, 0.05) is 11.3 Å². The Kier molecular flexibility index (Phi) is 5.96. The molecule has 0 bridgehead atoms. The summed E-state index contributed by atoms with van der Waals surface area (Å²) in [6.07, 6.45) is 1.34. The van der Waals surface area contributed by atoms with E-state index in [2.05, 4.69) is 10.3 Å². The number of nitrogens with one attached hydrogen (secondary N) is 1. The predicted molar refractivity (Wildman–Crippen MR) is 81.2 cm³/mol. The van der Waals surface area contributed by atoms with Gasteiger partial charge in [0.05, 0.1) is 12.1 Å². The molecule has 0 fully saturated rings. The minimum absolute atomic E-state index is 0.0818. The first-order valence-corrected chi connectivity index (χ1v) is 7.36. The van der Waals surface area contributed by atoms with Crippen LogP contribution in [0.15, 0.2) is 12.1 Å². The molecule has 0 aliphatic rings. The number of carbonyl (C=O) groups is 1. The summed E-state index contributed by atoms with van der Waals surface area (Å²) in [5.41, 5.74) is 0.684. The molecule has 0 aliphatic carbocycles. The number of nitrogens with zero attached hydrogens (tertiary/aromatic N) is 1. The highest BCUT2D eigenvalue weighted by atomic mass is 35.5. The molecule has 1 heterocycles. The molecule has 112 valence electrons. The third-order valence-corrected chi connectivity index (χ3v) is 3.90. The van der Waals surface area contributed by atoms with Crippen LogP contribution >= 0.6 is 11.6 Å². The van der Waals surface area contributed by atoms with Gasteiger partial charge in [-0.05, 0) is 30.9 Å². The third-order valence-electron chi connectivity index (χ3n) is 3.70. The highest BCUT2D eigenvalue weighted by Crippen LogP contribution is 2.20. The molecule has 4 nitrogen and oxygen atoms in total. The van der Waals surface area contributed by atoms with Crippen molar-refractivity contribution in [2.24, 2.45) is 0 Å². The van der Waals surface area contributed by atoms with Gasteiger partial charge in [-0.1, -0.05) is 39.3 Å². The van der Waals surface area contributed by atoms with Gasteiger partial charge in [0.15, 0.2) is 0 Å². The lowest BCUT2D eigenvalue weighted by molar-refractivity contribution is 0.0817. The maximum absolute atomic E-state index is 12.4. The molecule has 1 aromatic heterocycles. The summed E-state index contributed by atoms with van der Waals surface area (Å²) in [6, 6.07) is 3.30. The summed E-state index contributed by atoms with van der Waals surface area (Å²) in [6.45, 7) is 7.80. The van der Waals surface area contributed by atoms with Gasteiger partial charge in [-0.3, -0.25) is 4.79 Å². The van der Waals surface area contributed by atoms with Crippen molar-refractivity contribution in [3.05, 3.63) is 28.5 Å². The zero-order valence-electron chi connectivity index (χ0n) is 12.5. The molecule has 0 unspecified atom stereocenters. The Hall–Kier alpha value is -1.13.